The topological polar surface area (TPSA) is 96.0 Å². The first kappa shape index (κ1) is 15.1. The Morgan fingerprint density at radius 2 is 2.09 bits per heavy atom. The first-order valence-corrected chi connectivity index (χ1v) is 7.92. The molecule has 0 saturated heterocycles. The number of hydrogen-bond donors (Lipinski definition) is 2. The van der Waals surface area contributed by atoms with Crippen molar-refractivity contribution in [2.24, 2.45) is 16.6 Å². The summed E-state index contributed by atoms with van der Waals surface area (Å²) >= 11 is 0.939. The van der Waals surface area contributed by atoms with Crippen molar-refractivity contribution in [3.8, 4) is 0 Å². The third-order valence-electron chi connectivity index (χ3n) is 3.79. The van der Waals surface area contributed by atoms with Crippen molar-refractivity contribution in [3.05, 3.63) is 29.8 Å². The Bertz CT molecular complexity index is 688. The van der Waals surface area contributed by atoms with E-state index in [0.29, 0.717) is 17.8 Å². The molecule has 0 saturated carbocycles. The van der Waals surface area contributed by atoms with E-state index in [1.807, 2.05) is 13.8 Å². The van der Waals surface area contributed by atoms with Crippen LogP contribution < -0.4 is 10.6 Å². The lowest BCUT2D eigenvalue weighted by molar-refractivity contribution is -0.140. The number of fused-ring (bicyclic) bond motifs is 1. The zero-order valence-electron chi connectivity index (χ0n) is 12.3. The second kappa shape index (κ2) is 5.10. The number of amides is 2. The van der Waals surface area contributed by atoms with Gasteiger partial charge in [0.2, 0.25) is 0 Å². The van der Waals surface area contributed by atoms with Crippen LogP contribution in [0.4, 0.5) is 5.69 Å². The number of hydrogen-bond acceptors (Lipinski definition) is 5. The number of thioether (sulfide) groups is 1. The highest BCUT2D eigenvalue weighted by Gasteiger charge is 2.59. The van der Waals surface area contributed by atoms with Crippen LogP contribution in [0.3, 0.4) is 0 Å². The minimum Gasteiger partial charge on any atom is -0.378 e. The van der Waals surface area contributed by atoms with E-state index in [0.717, 1.165) is 11.8 Å². The number of carbonyl (C=O) groups is 2. The summed E-state index contributed by atoms with van der Waals surface area (Å²) in [6, 6.07) is 7.00. The van der Waals surface area contributed by atoms with Crippen LogP contribution in [-0.4, -0.2) is 33.9 Å². The third kappa shape index (κ3) is 2.04. The molecule has 0 radical (unpaired) electrons. The van der Waals surface area contributed by atoms with E-state index in [2.05, 4.69) is 4.99 Å². The number of para-hydroxylation sites is 1. The average molecular weight is 319 g/mol. The van der Waals surface area contributed by atoms with Crippen LogP contribution in [0, 0.1) is 5.92 Å². The summed E-state index contributed by atoms with van der Waals surface area (Å²) in [6.45, 7) is 4.45. The molecule has 2 atom stereocenters. The van der Waals surface area contributed by atoms with Crippen molar-refractivity contribution in [1.82, 2.24) is 0 Å². The molecule has 3 N–H and O–H groups in total. The van der Waals surface area contributed by atoms with Crippen LogP contribution in [-0.2, 0) is 15.2 Å². The molecule has 0 fully saturated rings. The van der Waals surface area contributed by atoms with E-state index >= 15 is 0 Å². The normalized spacial score (nSPS) is 27.5. The Labute approximate surface area is 132 Å². The monoisotopic (exact) mass is 319 g/mol. The summed E-state index contributed by atoms with van der Waals surface area (Å²) in [4.78, 5) is 30.1. The zero-order chi connectivity index (χ0) is 16.1. The molecule has 2 unspecified atom stereocenters. The number of aliphatic hydroxyl groups is 1. The molecule has 0 aromatic heterocycles. The molecule has 2 aliphatic heterocycles. The molecular weight excluding hydrogens is 302 g/mol. The minimum atomic E-state index is -1.92. The fourth-order valence-electron chi connectivity index (χ4n) is 2.89. The Hall–Kier alpha value is -1.86. The van der Waals surface area contributed by atoms with E-state index in [9.17, 15) is 14.7 Å². The minimum absolute atomic E-state index is 0.0796. The summed E-state index contributed by atoms with van der Waals surface area (Å²) in [5.41, 5.74) is 4.74. The molecule has 2 aliphatic rings. The van der Waals surface area contributed by atoms with Crippen LogP contribution >= 0.6 is 11.8 Å². The van der Waals surface area contributed by atoms with Crippen molar-refractivity contribution in [1.29, 1.82) is 0 Å². The Kier molecular flexibility index (Phi) is 3.49. The molecule has 7 heteroatoms. The van der Waals surface area contributed by atoms with Crippen LogP contribution in [0.15, 0.2) is 29.3 Å². The number of amidine groups is 1. The molecule has 1 aromatic rings. The van der Waals surface area contributed by atoms with Crippen molar-refractivity contribution in [3.63, 3.8) is 0 Å². The van der Waals surface area contributed by atoms with Gasteiger partial charge >= 0.3 is 0 Å². The largest absolute Gasteiger partial charge is 0.378 e. The van der Waals surface area contributed by atoms with E-state index in [-0.39, 0.29) is 11.1 Å². The van der Waals surface area contributed by atoms with Gasteiger partial charge in [-0.25, -0.2) is 0 Å². The Morgan fingerprint density at radius 1 is 1.41 bits per heavy atom. The third-order valence-corrected chi connectivity index (χ3v) is 4.90. The first-order chi connectivity index (χ1) is 10.4. The van der Waals surface area contributed by atoms with Crippen molar-refractivity contribution >= 4 is 34.4 Å². The van der Waals surface area contributed by atoms with Gasteiger partial charge in [-0.1, -0.05) is 43.8 Å². The number of aliphatic imine (C=N–C) groups is 1. The van der Waals surface area contributed by atoms with Gasteiger partial charge in [-0.05, 0) is 12.0 Å². The second-order valence-corrected chi connectivity index (χ2v) is 7.00. The van der Waals surface area contributed by atoms with Crippen LogP contribution in [0.5, 0.6) is 0 Å². The Balaban J connectivity index is 2.09. The highest BCUT2D eigenvalue weighted by molar-refractivity contribution is 8.15. The van der Waals surface area contributed by atoms with Gasteiger partial charge in [0.15, 0.2) is 10.8 Å². The van der Waals surface area contributed by atoms with Gasteiger partial charge in [0.1, 0.15) is 5.25 Å². The Morgan fingerprint density at radius 3 is 2.68 bits per heavy atom. The summed E-state index contributed by atoms with van der Waals surface area (Å²) in [6.07, 6.45) is 0. The van der Waals surface area contributed by atoms with Gasteiger partial charge in [0, 0.05) is 12.1 Å². The number of rotatable bonds is 3. The van der Waals surface area contributed by atoms with Crippen LogP contribution in [0.1, 0.15) is 19.4 Å². The van der Waals surface area contributed by atoms with Gasteiger partial charge in [0.25, 0.3) is 11.8 Å². The lowest BCUT2D eigenvalue weighted by atomic mass is 9.91. The van der Waals surface area contributed by atoms with Crippen LogP contribution in [0.25, 0.3) is 0 Å². The standard InChI is InChI=1S/C15H17N3O3S/c1-8(2)7-18-10-6-4-3-5-9(10)15(21,13(18)20)11-12(19)17-14(16)22-11/h3-6,8,11,21H,7H2,1-2H3,(H2,16,17,19). The summed E-state index contributed by atoms with van der Waals surface area (Å²) in [7, 11) is 0. The van der Waals surface area contributed by atoms with E-state index in [1.165, 1.54) is 0 Å². The van der Waals surface area contributed by atoms with Gasteiger partial charge in [0.05, 0.1) is 5.69 Å². The van der Waals surface area contributed by atoms with Crippen LogP contribution in [0.2, 0.25) is 0 Å². The van der Waals surface area contributed by atoms with Gasteiger partial charge in [-0.3, -0.25) is 9.59 Å². The van der Waals surface area contributed by atoms with Gasteiger partial charge in [-0.2, -0.15) is 4.99 Å². The molecule has 0 bridgehead atoms. The molecule has 116 valence electrons. The summed E-state index contributed by atoms with van der Waals surface area (Å²) < 4.78 is 0. The second-order valence-electron chi connectivity index (χ2n) is 5.88. The van der Waals surface area contributed by atoms with Crippen molar-refractivity contribution in [2.45, 2.75) is 24.7 Å². The number of nitrogens with two attached hydrogens (primary N) is 1. The van der Waals surface area contributed by atoms with E-state index < -0.39 is 22.7 Å². The van der Waals surface area contributed by atoms with Crippen molar-refractivity contribution in [2.75, 3.05) is 11.4 Å². The number of nitrogens with zero attached hydrogens (tertiary/aromatic N) is 2. The number of anilines is 1. The molecule has 3 rings (SSSR count). The highest BCUT2D eigenvalue weighted by atomic mass is 32.2. The summed E-state index contributed by atoms with van der Waals surface area (Å²) in [5, 5.41) is 10.2. The fraction of sp³-hybridized carbons (Fsp3) is 0.400. The predicted octanol–water partition coefficient (Wildman–Crippen LogP) is 0.834. The fourth-order valence-corrected chi connectivity index (χ4v) is 3.83. The number of benzene rings is 1. The predicted molar refractivity (Wildman–Crippen MR) is 85.5 cm³/mol. The molecule has 2 heterocycles. The zero-order valence-corrected chi connectivity index (χ0v) is 13.1. The van der Waals surface area contributed by atoms with Gasteiger partial charge in [-0.15, -0.1) is 0 Å². The maximum absolute atomic E-state index is 12.9. The molecule has 0 spiro atoms. The maximum Gasteiger partial charge on any atom is 0.265 e. The van der Waals surface area contributed by atoms with Gasteiger partial charge < -0.3 is 15.7 Å². The summed E-state index contributed by atoms with van der Waals surface area (Å²) in [5.74, 6) is -0.828. The molecular formula is C15H17N3O3S. The van der Waals surface area contributed by atoms with E-state index in [1.54, 1.807) is 29.2 Å². The molecule has 1 aromatic carbocycles. The van der Waals surface area contributed by atoms with Crippen molar-refractivity contribution < 1.29 is 14.7 Å². The smallest absolute Gasteiger partial charge is 0.265 e. The maximum atomic E-state index is 12.9. The SMILES string of the molecule is CC(C)CN1C(=O)C(O)(C2SC(N)=NC2=O)c2ccccc21. The first-order valence-electron chi connectivity index (χ1n) is 7.04. The lowest BCUT2D eigenvalue weighted by Crippen LogP contribution is -2.50. The molecule has 22 heavy (non-hydrogen) atoms. The van der Waals surface area contributed by atoms with E-state index in [4.69, 9.17) is 5.73 Å². The lowest BCUT2D eigenvalue weighted by Gasteiger charge is -2.27. The highest BCUT2D eigenvalue weighted by Crippen LogP contribution is 2.47. The average Bonchev–Trinajstić information content (AvgIpc) is 2.91. The molecule has 6 nitrogen and oxygen atoms in total. The quantitative estimate of drug-likeness (QED) is 0.860. The number of carbonyl (C=O) groups excluding carboxylic acids is 2. The molecule has 2 amide bonds. The molecule has 0 aliphatic carbocycles.